The van der Waals surface area contributed by atoms with Gasteiger partial charge in [-0.3, -0.25) is 0 Å². The molecule has 128 valence electrons. The van der Waals surface area contributed by atoms with Crippen LogP contribution < -0.4 is 10.6 Å². The molecule has 6 nitrogen and oxygen atoms in total. The molecule has 0 spiro atoms. The summed E-state index contributed by atoms with van der Waals surface area (Å²) in [7, 11) is 0. The van der Waals surface area contributed by atoms with Gasteiger partial charge < -0.3 is 10.6 Å². The van der Waals surface area contributed by atoms with Crippen molar-refractivity contribution in [1.82, 2.24) is 14.9 Å². The first-order chi connectivity index (χ1) is 11.4. The summed E-state index contributed by atoms with van der Waals surface area (Å²) in [6, 6.07) is 10.2. The van der Waals surface area contributed by atoms with Crippen molar-refractivity contribution in [3.05, 3.63) is 35.7 Å². The zero-order chi connectivity index (χ0) is 17.6. The van der Waals surface area contributed by atoms with Gasteiger partial charge in [-0.05, 0) is 29.5 Å². The van der Waals surface area contributed by atoms with Crippen LogP contribution in [0.5, 0.6) is 5.75 Å². The summed E-state index contributed by atoms with van der Waals surface area (Å²) in [6.45, 7) is 6.79. The van der Waals surface area contributed by atoms with E-state index in [1.54, 1.807) is 0 Å². The Bertz CT molecular complexity index is 697. The Morgan fingerprint density at radius 3 is 2.58 bits per heavy atom. The van der Waals surface area contributed by atoms with Gasteiger partial charge in [0.05, 0.1) is 6.07 Å². The third-order valence-electron chi connectivity index (χ3n) is 3.49. The number of nitriles is 1. The van der Waals surface area contributed by atoms with Crippen LogP contribution in [0.1, 0.15) is 45.0 Å². The van der Waals surface area contributed by atoms with Gasteiger partial charge in [0.2, 0.25) is 5.16 Å². The number of rotatable bonds is 7. The maximum absolute atomic E-state index is 8.53. The minimum absolute atomic E-state index is 0.119. The molecule has 0 radical (unpaired) electrons. The second-order valence-electron chi connectivity index (χ2n) is 6.44. The summed E-state index contributed by atoms with van der Waals surface area (Å²) in [4.78, 5) is 0. The number of hydrogen-bond donors (Lipinski definition) is 1. The van der Waals surface area contributed by atoms with Crippen LogP contribution in [0.3, 0.4) is 0 Å². The number of benzene rings is 1. The number of nitrogens with zero attached hydrogens (tertiary/aromatic N) is 4. The molecule has 0 bridgehead atoms. The smallest absolute Gasteiger partial charge is 0.209 e. The molecule has 24 heavy (non-hydrogen) atoms. The Hall–Kier alpha value is -2.20. The lowest BCUT2D eigenvalue weighted by Gasteiger charge is -2.19. The average Bonchev–Trinajstić information content (AvgIpc) is 2.89. The summed E-state index contributed by atoms with van der Waals surface area (Å²) in [6.07, 6.45) is 1.34. The van der Waals surface area contributed by atoms with Crippen LogP contribution in [0.25, 0.3) is 0 Å². The molecule has 0 saturated carbocycles. The van der Waals surface area contributed by atoms with Crippen LogP contribution in [0.4, 0.5) is 0 Å². The van der Waals surface area contributed by atoms with E-state index in [0.29, 0.717) is 17.4 Å². The normalized spacial score (nSPS) is 11.2. The highest BCUT2D eigenvalue weighted by Crippen LogP contribution is 2.24. The highest BCUT2D eigenvalue weighted by Gasteiger charge is 2.14. The van der Waals surface area contributed by atoms with Gasteiger partial charge in [-0.1, -0.05) is 44.7 Å². The van der Waals surface area contributed by atoms with Crippen LogP contribution in [-0.2, 0) is 12.0 Å². The van der Waals surface area contributed by atoms with Crippen LogP contribution in [0, 0.1) is 11.3 Å². The second-order valence-corrected chi connectivity index (χ2v) is 7.50. The van der Waals surface area contributed by atoms with Gasteiger partial charge in [-0.15, -0.1) is 10.2 Å². The molecule has 0 aliphatic heterocycles. The second kappa shape index (κ2) is 8.06. The van der Waals surface area contributed by atoms with Gasteiger partial charge in [0.15, 0.2) is 5.82 Å². The fourth-order valence-corrected chi connectivity index (χ4v) is 2.83. The molecule has 1 aromatic carbocycles. The standard InChI is InChI=1S/C17H23N5OS/c1-17(2,3)13-6-8-14(9-7-13)23-12-15-20-21-16(22(15)19)24-11-5-4-10-18/h6-9H,4-5,11-12,19H2,1-3H3. The van der Waals surface area contributed by atoms with E-state index in [1.807, 2.05) is 12.1 Å². The molecule has 0 amide bonds. The molecule has 0 atom stereocenters. The van der Waals surface area contributed by atoms with E-state index >= 15 is 0 Å². The van der Waals surface area contributed by atoms with E-state index in [2.05, 4.69) is 49.2 Å². The van der Waals surface area contributed by atoms with Crippen LogP contribution in [-0.4, -0.2) is 20.6 Å². The summed E-state index contributed by atoms with van der Waals surface area (Å²) < 4.78 is 7.19. The highest BCUT2D eigenvalue weighted by molar-refractivity contribution is 7.99. The fourth-order valence-electron chi connectivity index (χ4n) is 2.02. The fraction of sp³-hybridized carbons (Fsp3) is 0.471. The summed E-state index contributed by atoms with van der Waals surface area (Å²) in [5.41, 5.74) is 1.38. The topological polar surface area (TPSA) is 89.8 Å². The van der Waals surface area contributed by atoms with Crippen molar-refractivity contribution in [3.8, 4) is 11.8 Å². The first kappa shape index (κ1) is 18.1. The van der Waals surface area contributed by atoms with Crippen LogP contribution in [0.2, 0.25) is 0 Å². The largest absolute Gasteiger partial charge is 0.486 e. The lowest BCUT2D eigenvalue weighted by atomic mass is 9.87. The Balaban J connectivity index is 1.90. The van der Waals surface area contributed by atoms with E-state index in [4.69, 9.17) is 15.8 Å². The number of ether oxygens (including phenoxy) is 1. The van der Waals surface area contributed by atoms with Crippen LogP contribution >= 0.6 is 11.8 Å². The average molecular weight is 345 g/mol. The zero-order valence-corrected chi connectivity index (χ0v) is 15.1. The van der Waals surface area contributed by atoms with Gasteiger partial charge >= 0.3 is 0 Å². The quantitative estimate of drug-likeness (QED) is 0.470. The van der Waals surface area contributed by atoms with E-state index in [1.165, 1.54) is 22.0 Å². The molecular weight excluding hydrogens is 322 g/mol. The highest BCUT2D eigenvalue weighted by atomic mass is 32.2. The molecule has 1 aromatic heterocycles. The number of hydrogen-bond acceptors (Lipinski definition) is 6. The van der Waals surface area contributed by atoms with Crippen molar-refractivity contribution < 1.29 is 4.74 Å². The Morgan fingerprint density at radius 1 is 1.25 bits per heavy atom. The molecule has 0 aliphatic rings. The summed E-state index contributed by atoms with van der Waals surface area (Å²) >= 11 is 1.49. The van der Waals surface area contributed by atoms with E-state index in [-0.39, 0.29) is 12.0 Å². The molecular formula is C17H23N5OS. The lowest BCUT2D eigenvalue weighted by Crippen LogP contribution is -2.16. The monoisotopic (exact) mass is 345 g/mol. The van der Waals surface area contributed by atoms with Gasteiger partial charge in [-0.2, -0.15) is 5.26 Å². The summed E-state index contributed by atoms with van der Waals surface area (Å²) in [5.74, 6) is 8.12. The molecule has 2 aromatic rings. The lowest BCUT2D eigenvalue weighted by molar-refractivity contribution is 0.291. The molecule has 0 fully saturated rings. The van der Waals surface area contributed by atoms with E-state index in [9.17, 15) is 0 Å². The predicted octanol–water partition coefficient (Wildman–Crippen LogP) is 3.26. The molecule has 0 unspecified atom stereocenters. The molecule has 2 N–H and O–H groups in total. The number of nitrogens with two attached hydrogens (primary N) is 1. The first-order valence-electron chi connectivity index (χ1n) is 7.84. The van der Waals surface area contributed by atoms with Crippen molar-refractivity contribution in [3.63, 3.8) is 0 Å². The molecule has 0 aliphatic carbocycles. The molecule has 1 heterocycles. The Labute approximate surface area is 147 Å². The van der Waals surface area contributed by atoms with E-state index < -0.39 is 0 Å². The van der Waals surface area contributed by atoms with Crippen LogP contribution in [0.15, 0.2) is 29.4 Å². The zero-order valence-electron chi connectivity index (χ0n) is 14.3. The maximum Gasteiger partial charge on any atom is 0.209 e. The maximum atomic E-state index is 8.53. The third-order valence-corrected chi connectivity index (χ3v) is 4.52. The predicted molar refractivity (Wildman–Crippen MR) is 95.2 cm³/mol. The van der Waals surface area contributed by atoms with E-state index in [0.717, 1.165) is 17.9 Å². The molecule has 0 saturated heterocycles. The minimum Gasteiger partial charge on any atom is -0.486 e. The third kappa shape index (κ3) is 4.90. The molecule has 7 heteroatoms. The van der Waals surface area contributed by atoms with Gasteiger partial charge in [0.25, 0.3) is 0 Å². The minimum atomic E-state index is 0.119. The number of nitrogen functional groups attached to an aromatic ring is 1. The number of aromatic nitrogens is 3. The van der Waals surface area contributed by atoms with Gasteiger partial charge in [0, 0.05) is 12.2 Å². The van der Waals surface area contributed by atoms with Crippen molar-refractivity contribution in [2.75, 3.05) is 11.6 Å². The van der Waals surface area contributed by atoms with Crippen molar-refractivity contribution in [2.24, 2.45) is 0 Å². The first-order valence-corrected chi connectivity index (χ1v) is 8.83. The Kier molecular flexibility index (Phi) is 6.10. The van der Waals surface area contributed by atoms with Gasteiger partial charge in [-0.25, -0.2) is 4.68 Å². The van der Waals surface area contributed by atoms with Crippen molar-refractivity contribution >= 4 is 11.8 Å². The molecule has 2 rings (SSSR count). The number of thioether (sulfide) groups is 1. The Morgan fingerprint density at radius 2 is 1.96 bits per heavy atom. The van der Waals surface area contributed by atoms with Crippen molar-refractivity contribution in [2.45, 2.75) is 50.8 Å². The van der Waals surface area contributed by atoms with Crippen molar-refractivity contribution in [1.29, 1.82) is 5.26 Å². The van der Waals surface area contributed by atoms with Gasteiger partial charge in [0.1, 0.15) is 12.4 Å². The number of unbranched alkanes of at least 4 members (excludes halogenated alkanes) is 1. The SMILES string of the molecule is CC(C)(C)c1ccc(OCc2nnc(SCCCC#N)n2N)cc1. The summed E-state index contributed by atoms with van der Waals surface area (Å²) in [5, 5.41) is 17.3.